The summed E-state index contributed by atoms with van der Waals surface area (Å²) >= 11 is 0. The van der Waals surface area contributed by atoms with Gasteiger partial charge in [-0.3, -0.25) is 0 Å². The SMILES string of the molecule is CCC(N)(c1ccc(F)c(F)c1)C(C)C. The minimum absolute atomic E-state index is 0.173. The fourth-order valence-electron chi connectivity index (χ4n) is 1.73. The Hall–Kier alpha value is -0.960. The van der Waals surface area contributed by atoms with Gasteiger partial charge in [0.1, 0.15) is 0 Å². The van der Waals surface area contributed by atoms with Crippen LogP contribution in [0.15, 0.2) is 18.2 Å². The maximum absolute atomic E-state index is 13.1. The van der Waals surface area contributed by atoms with Crippen LogP contribution in [0.1, 0.15) is 32.8 Å². The van der Waals surface area contributed by atoms with E-state index in [1.54, 1.807) is 6.07 Å². The Balaban J connectivity index is 3.19. The van der Waals surface area contributed by atoms with E-state index >= 15 is 0 Å². The van der Waals surface area contributed by atoms with Crippen LogP contribution >= 0.6 is 0 Å². The van der Waals surface area contributed by atoms with Crippen LogP contribution in [0.2, 0.25) is 0 Å². The van der Waals surface area contributed by atoms with E-state index in [-0.39, 0.29) is 5.92 Å². The van der Waals surface area contributed by atoms with Crippen LogP contribution in [0, 0.1) is 17.6 Å². The molecule has 15 heavy (non-hydrogen) atoms. The Morgan fingerprint density at radius 1 is 1.27 bits per heavy atom. The fraction of sp³-hybridized carbons (Fsp3) is 0.500. The van der Waals surface area contributed by atoms with E-state index in [2.05, 4.69) is 0 Å². The molecule has 3 heteroatoms. The number of nitrogens with two attached hydrogens (primary N) is 1. The van der Waals surface area contributed by atoms with E-state index in [0.717, 1.165) is 6.07 Å². The van der Waals surface area contributed by atoms with Gasteiger partial charge in [-0.25, -0.2) is 8.78 Å². The predicted octanol–water partition coefficient (Wildman–Crippen LogP) is 3.18. The lowest BCUT2D eigenvalue weighted by Crippen LogP contribution is -2.41. The van der Waals surface area contributed by atoms with Gasteiger partial charge in [-0.2, -0.15) is 0 Å². The third-order valence-corrected chi connectivity index (χ3v) is 3.07. The van der Waals surface area contributed by atoms with E-state index in [1.807, 2.05) is 20.8 Å². The van der Waals surface area contributed by atoms with Crippen LogP contribution in [0.5, 0.6) is 0 Å². The number of rotatable bonds is 3. The first-order chi connectivity index (χ1) is 6.91. The quantitative estimate of drug-likeness (QED) is 0.819. The van der Waals surface area contributed by atoms with Gasteiger partial charge in [-0.1, -0.05) is 26.8 Å². The Morgan fingerprint density at radius 2 is 1.87 bits per heavy atom. The van der Waals surface area contributed by atoms with Crippen molar-refractivity contribution in [3.8, 4) is 0 Å². The minimum atomic E-state index is -0.837. The second-order valence-corrected chi connectivity index (χ2v) is 4.18. The maximum atomic E-state index is 13.1. The van der Waals surface area contributed by atoms with E-state index in [1.165, 1.54) is 6.07 Å². The monoisotopic (exact) mass is 213 g/mol. The molecule has 0 heterocycles. The fourth-order valence-corrected chi connectivity index (χ4v) is 1.73. The van der Waals surface area contributed by atoms with Crippen molar-refractivity contribution in [2.24, 2.45) is 11.7 Å². The van der Waals surface area contributed by atoms with Gasteiger partial charge in [-0.05, 0) is 30.0 Å². The summed E-state index contributed by atoms with van der Waals surface area (Å²) < 4.78 is 25.9. The molecule has 1 aromatic rings. The molecular weight excluding hydrogens is 196 g/mol. The molecule has 0 radical (unpaired) electrons. The lowest BCUT2D eigenvalue weighted by molar-refractivity contribution is 0.304. The first-order valence-corrected chi connectivity index (χ1v) is 5.16. The second kappa shape index (κ2) is 4.27. The van der Waals surface area contributed by atoms with Crippen molar-refractivity contribution < 1.29 is 8.78 Å². The van der Waals surface area contributed by atoms with E-state index in [0.29, 0.717) is 12.0 Å². The van der Waals surface area contributed by atoms with Gasteiger partial charge >= 0.3 is 0 Å². The number of benzene rings is 1. The molecular formula is C12H17F2N. The molecule has 0 amide bonds. The summed E-state index contributed by atoms with van der Waals surface area (Å²) in [7, 11) is 0. The van der Waals surface area contributed by atoms with Crippen LogP contribution in [0.4, 0.5) is 8.78 Å². The van der Waals surface area contributed by atoms with Gasteiger partial charge in [0, 0.05) is 5.54 Å². The van der Waals surface area contributed by atoms with Crippen LogP contribution in [0.3, 0.4) is 0 Å². The van der Waals surface area contributed by atoms with Gasteiger partial charge < -0.3 is 5.73 Å². The lowest BCUT2D eigenvalue weighted by Gasteiger charge is -2.33. The molecule has 0 aliphatic carbocycles. The molecule has 1 nitrogen and oxygen atoms in total. The molecule has 0 saturated carbocycles. The molecule has 0 aliphatic heterocycles. The van der Waals surface area contributed by atoms with Gasteiger partial charge in [0.15, 0.2) is 11.6 Å². The predicted molar refractivity (Wildman–Crippen MR) is 57.4 cm³/mol. The second-order valence-electron chi connectivity index (χ2n) is 4.18. The Morgan fingerprint density at radius 3 is 2.27 bits per heavy atom. The third kappa shape index (κ3) is 2.17. The molecule has 84 valence electrons. The molecule has 0 fully saturated rings. The molecule has 1 unspecified atom stereocenters. The average molecular weight is 213 g/mol. The first-order valence-electron chi connectivity index (χ1n) is 5.16. The highest BCUT2D eigenvalue weighted by Crippen LogP contribution is 2.30. The Labute approximate surface area is 89.3 Å². The lowest BCUT2D eigenvalue weighted by atomic mass is 9.79. The highest BCUT2D eigenvalue weighted by Gasteiger charge is 2.29. The molecule has 1 rings (SSSR count). The largest absolute Gasteiger partial charge is 0.321 e. The van der Waals surface area contributed by atoms with E-state index < -0.39 is 17.2 Å². The molecule has 0 spiro atoms. The van der Waals surface area contributed by atoms with E-state index in [9.17, 15) is 8.78 Å². The molecule has 1 aromatic carbocycles. The minimum Gasteiger partial charge on any atom is -0.321 e. The number of halogens is 2. The van der Waals surface area contributed by atoms with Crippen molar-refractivity contribution in [2.45, 2.75) is 32.7 Å². The standard InChI is InChI=1S/C12H17F2N/c1-4-12(15,8(2)3)9-5-6-10(13)11(14)7-9/h5-8H,4,15H2,1-3H3. The van der Waals surface area contributed by atoms with Crippen molar-refractivity contribution in [3.05, 3.63) is 35.4 Å². The normalized spacial score (nSPS) is 15.4. The summed E-state index contributed by atoms with van der Waals surface area (Å²) in [4.78, 5) is 0. The third-order valence-electron chi connectivity index (χ3n) is 3.07. The van der Waals surface area contributed by atoms with Gasteiger partial charge in [-0.15, -0.1) is 0 Å². The summed E-state index contributed by atoms with van der Waals surface area (Å²) in [5.74, 6) is -1.50. The van der Waals surface area contributed by atoms with Crippen molar-refractivity contribution in [2.75, 3.05) is 0 Å². The van der Waals surface area contributed by atoms with Crippen molar-refractivity contribution >= 4 is 0 Å². The molecule has 0 bridgehead atoms. The maximum Gasteiger partial charge on any atom is 0.159 e. The number of hydrogen-bond donors (Lipinski definition) is 1. The van der Waals surface area contributed by atoms with Crippen LogP contribution in [0.25, 0.3) is 0 Å². The molecule has 1 atom stereocenters. The number of hydrogen-bond acceptors (Lipinski definition) is 1. The van der Waals surface area contributed by atoms with Crippen molar-refractivity contribution in [3.63, 3.8) is 0 Å². The highest BCUT2D eigenvalue weighted by atomic mass is 19.2. The summed E-state index contributed by atoms with van der Waals surface area (Å²) in [6.45, 7) is 5.90. The summed E-state index contributed by atoms with van der Waals surface area (Å²) in [5.41, 5.74) is 6.25. The topological polar surface area (TPSA) is 26.0 Å². The molecule has 2 N–H and O–H groups in total. The summed E-state index contributed by atoms with van der Waals surface area (Å²) in [5, 5.41) is 0. The van der Waals surface area contributed by atoms with Crippen LogP contribution < -0.4 is 5.73 Å². The van der Waals surface area contributed by atoms with Gasteiger partial charge in [0.25, 0.3) is 0 Å². The van der Waals surface area contributed by atoms with Gasteiger partial charge in [0.2, 0.25) is 0 Å². The molecule has 0 saturated heterocycles. The molecule has 0 aliphatic rings. The van der Waals surface area contributed by atoms with Crippen LogP contribution in [-0.4, -0.2) is 0 Å². The van der Waals surface area contributed by atoms with Crippen molar-refractivity contribution in [1.82, 2.24) is 0 Å². The van der Waals surface area contributed by atoms with Crippen LogP contribution in [-0.2, 0) is 5.54 Å². The highest BCUT2D eigenvalue weighted by molar-refractivity contribution is 5.26. The first kappa shape index (κ1) is 12.1. The van der Waals surface area contributed by atoms with E-state index in [4.69, 9.17) is 5.73 Å². The molecule has 0 aromatic heterocycles. The smallest absolute Gasteiger partial charge is 0.159 e. The summed E-state index contributed by atoms with van der Waals surface area (Å²) in [6, 6.07) is 3.88. The Bertz CT molecular complexity index is 349. The van der Waals surface area contributed by atoms with Crippen molar-refractivity contribution in [1.29, 1.82) is 0 Å². The Kier molecular flexibility index (Phi) is 3.45. The average Bonchev–Trinajstić information content (AvgIpc) is 2.20. The summed E-state index contributed by atoms with van der Waals surface area (Å²) in [6.07, 6.45) is 0.690. The zero-order valence-corrected chi connectivity index (χ0v) is 9.35. The zero-order valence-electron chi connectivity index (χ0n) is 9.35. The van der Waals surface area contributed by atoms with Gasteiger partial charge in [0.05, 0.1) is 0 Å². The zero-order chi connectivity index (χ0) is 11.6.